The van der Waals surface area contributed by atoms with Gasteiger partial charge in [-0.15, -0.1) is 12.4 Å². The summed E-state index contributed by atoms with van der Waals surface area (Å²) in [4.78, 5) is 78.3. The summed E-state index contributed by atoms with van der Waals surface area (Å²) < 4.78 is 135. The zero-order chi connectivity index (χ0) is 65.0. The van der Waals surface area contributed by atoms with E-state index in [9.17, 15) is 78.9 Å². The largest absolute Gasteiger partial charge is 0.798 e. The third-order valence-electron chi connectivity index (χ3n) is 15.5. The fourth-order valence-corrected chi connectivity index (χ4v) is 10.4. The number of anilines is 2. The molecule has 3 aromatic heterocycles. The predicted molar refractivity (Wildman–Crippen MR) is 319 cm³/mol. The van der Waals surface area contributed by atoms with Crippen LogP contribution in [0.3, 0.4) is 0 Å². The van der Waals surface area contributed by atoms with E-state index in [4.69, 9.17) is 19.3 Å². The number of methoxy groups -OCH3 is 3. The Morgan fingerprint density at radius 2 is 0.856 bits per heavy atom. The van der Waals surface area contributed by atoms with Crippen molar-refractivity contribution in [2.75, 3.05) is 90.0 Å². The van der Waals surface area contributed by atoms with Crippen molar-refractivity contribution in [3.05, 3.63) is 107 Å². The minimum absolute atomic E-state index is 0. The highest BCUT2D eigenvalue weighted by molar-refractivity contribution is 6.38. The summed E-state index contributed by atoms with van der Waals surface area (Å²) in [6, 6.07) is 2.48. The van der Waals surface area contributed by atoms with Gasteiger partial charge in [0.1, 0.15) is 28.1 Å². The molecule has 6 aliphatic rings. The van der Waals surface area contributed by atoms with Crippen LogP contribution in [-0.2, 0) is 9.31 Å². The molecule has 90 heavy (non-hydrogen) atoms. The van der Waals surface area contributed by atoms with E-state index in [1.165, 1.54) is 50.8 Å². The normalized spacial score (nSPS) is 16.1. The third-order valence-corrected chi connectivity index (χ3v) is 15.5. The number of aromatic carboxylic acids is 1. The number of benzene rings is 3. The maximum absolute atomic E-state index is 14.8. The summed E-state index contributed by atoms with van der Waals surface area (Å²) in [5.74, 6) is -8.59. The smallest absolute Gasteiger partial charge is 0.492 e. The van der Waals surface area contributed by atoms with Crippen LogP contribution in [0, 0.1) is 23.3 Å². The number of aliphatic hydroxyl groups excluding tert-OH is 3. The van der Waals surface area contributed by atoms with Crippen molar-refractivity contribution in [3.8, 4) is 17.2 Å². The number of nitrogens with zero attached hydrogens (tertiary/aromatic N) is 6. The molecule has 12 rings (SSSR count). The molecule has 3 saturated carbocycles. The number of ether oxygens (including phenoxy) is 3. The summed E-state index contributed by atoms with van der Waals surface area (Å²) in [7, 11) is -2.95. The van der Waals surface area contributed by atoms with Gasteiger partial charge in [-0.25, -0.2) is 44.8 Å². The van der Waals surface area contributed by atoms with Crippen molar-refractivity contribution in [1.82, 2.24) is 23.9 Å². The van der Waals surface area contributed by atoms with E-state index >= 15 is 0 Å². The van der Waals surface area contributed by atoms with Crippen LogP contribution >= 0.6 is 12.4 Å². The molecule has 3 aliphatic carbocycles. The fourth-order valence-electron chi connectivity index (χ4n) is 10.4. The lowest BCUT2D eigenvalue weighted by molar-refractivity contribution is 0.0681. The van der Waals surface area contributed by atoms with Gasteiger partial charge in [-0.05, 0) is 76.4 Å². The van der Waals surface area contributed by atoms with Crippen molar-refractivity contribution in [3.63, 3.8) is 0 Å². The second-order valence-corrected chi connectivity index (χ2v) is 21.6. The molecular weight excluding hydrogens is 1230 g/mol. The van der Waals surface area contributed by atoms with E-state index in [0.29, 0.717) is 24.4 Å². The van der Waals surface area contributed by atoms with Crippen molar-refractivity contribution >= 4 is 89.3 Å². The number of aliphatic hydroxyl groups is 3. The maximum atomic E-state index is 14.8. The Kier molecular flexibility index (Phi) is 22.9. The molecule has 6 heterocycles. The van der Waals surface area contributed by atoms with Gasteiger partial charge >= 0.3 is 32.8 Å². The first kappa shape index (κ1) is 69.8. The van der Waals surface area contributed by atoms with E-state index in [0.717, 1.165) is 64.2 Å². The molecular formula is C57H66B2ClF8N7O15. The summed E-state index contributed by atoms with van der Waals surface area (Å²) >= 11 is 0. The Balaban J connectivity index is 0.000000175. The molecule has 0 amide bonds. The van der Waals surface area contributed by atoms with Crippen molar-refractivity contribution in [1.29, 1.82) is 0 Å². The van der Waals surface area contributed by atoms with Crippen LogP contribution in [0.4, 0.5) is 46.2 Å². The minimum Gasteiger partial charge on any atom is -0.492 e. The Bertz CT molecular complexity index is 3830. The van der Waals surface area contributed by atoms with Crippen LogP contribution in [-0.4, -0.2) is 170 Å². The average Bonchev–Trinajstić information content (AvgIpc) is 1.40. The number of hydrogen-bond acceptors (Lipinski definition) is 18. The Labute approximate surface area is 515 Å². The summed E-state index contributed by atoms with van der Waals surface area (Å²) in [6.45, 7) is 12.7. The molecule has 5 N–H and O–H groups in total. The molecule has 0 atom stereocenters. The molecule has 3 aliphatic heterocycles. The lowest BCUT2D eigenvalue weighted by Gasteiger charge is -2.39. The number of β-amino-alcohol motifs (C(OH)–C–C–N with tert-alkyl or cyclic N) is 3. The molecule has 3 saturated heterocycles. The number of hydrogen-bond donors (Lipinski definition) is 5. The van der Waals surface area contributed by atoms with Gasteiger partial charge in [0.25, 0.3) is 0 Å². The molecule has 33 heteroatoms. The van der Waals surface area contributed by atoms with E-state index in [1.807, 2.05) is 0 Å². The lowest BCUT2D eigenvalue weighted by Crippen LogP contribution is -2.51. The fraction of sp³-hybridized carbons (Fsp3) is 0.474. The Hall–Kier alpha value is -7.64. The molecule has 3 aromatic carbocycles. The molecule has 22 nitrogen and oxygen atoms in total. The van der Waals surface area contributed by atoms with Crippen LogP contribution in [0.2, 0.25) is 0 Å². The van der Waals surface area contributed by atoms with E-state index in [2.05, 4.69) is 40.3 Å². The molecule has 0 unspecified atom stereocenters. The molecule has 488 valence electrons. The SMILES string of the molecule is CCN(CC)CC.COc1c(F)c(F)cc2c(=O)c(C(=O)OB(F)F)cn(C3CC3)c12.COc1c(N2CC(O)C2)c(F)cc2c(=O)c(C(=O)O)cn(C3CC3)c12.COc1c(N2CC(O)C2)c(F)cc2c(=O)c(C(=O)OB(F)F)cn(C3CC3)c12.Cl.OC1CNC1. The first-order valence-corrected chi connectivity index (χ1v) is 28.5. The van der Waals surface area contributed by atoms with Gasteiger partial charge in [0.2, 0.25) is 22.1 Å². The lowest BCUT2D eigenvalue weighted by atomic mass is 10.0. The van der Waals surface area contributed by atoms with E-state index < -0.39 is 101 Å². The number of rotatable bonds is 16. The number of fused-ring (bicyclic) bond motifs is 3. The number of aromatic nitrogens is 3. The molecule has 0 spiro atoms. The van der Waals surface area contributed by atoms with Gasteiger partial charge in [0.15, 0.2) is 34.7 Å². The molecule has 6 fully saturated rings. The summed E-state index contributed by atoms with van der Waals surface area (Å²) in [6.07, 6.45) is 6.90. The van der Waals surface area contributed by atoms with Gasteiger partial charge in [-0.1, -0.05) is 20.8 Å². The van der Waals surface area contributed by atoms with Crippen LogP contribution in [0.15, 0.2) is 51.2 Å². The molecule has 0 bridgehead atoms. The van der Waals surface area contributed by atoms with E-state index in [-0.39, 0.29) is 118 Å². The quantitative estimate of drug-likeness (QED) is 0.0509. The minimum atomic E-state index is -3.40. The number of carboxylic acid groups (broad SMARTS) is 1. The van der Waals surface area contributed by atoms with Crippen LogP contribution in [0.5, 0.6) is 17.2 Å². The van der Waals surface area contributed by atoms with Crippen LogP contribution < -0.4 is 45.6 Å². The number of carbonyl (C=O) groups is 3. The van der Waals surface area contributed by atoms with Gasteiger partial charge in [-0.3, -0.25) is 14.4 Å². The highest BCUT2D eigenvalue weighted by Gasteiger charge is 2.38. The Morgan fingerprint density at radius 3 is 1.11 bits per heavy atom. The number of halogens is 9. The van der Waals surface area contributed by atoms with Crippen molar-refractivity contribution in [2.24, 2.45) is 0 Å². The first-order chi connectivity index (χ1) is 42.3. The average molecular weight is 1300 g/mol. The summed E-state index contributed by atoms with van der Waals surface area (Å²) in [5.41, 5.74) is -3.38. The van der Waals surface area contributed by atoms with Crippen molar-refractivity contribution in [2.45, 2.75) is 95.7 Å². The topological polar surface area (TPSA) is 266 Å². The monoisotopic (exact) mass is 1300 g/mol. The third kappa shape index (κ3) is 15.1. The van der Waals surface area contributed by atoms with Crippen LogP contribution in [0.25, 0.3) is 32.7 Å². The zero-order valence-corrected chi connectivity index (χ0v) is 50.4. The number of nitrogens with one attached hydrogen (secondary N) is 1. The second-order valence-electron chi connectivity index (χ2n) is 21.6. The number of carbonyl (C=O) groups excluding carboxylic acids is 2. The van der Waals surface area contributed by atoms with E-state index in [1.54, 1.807) is 18.9 Å². The second kappa shape index (κ2) is 29.5. The molecule has 0 radical (unpaired) electrons. The van der Waals surface area contributed by atoms with Crippen LogP contribution in [0.1, 0.15) is 108 Å². The predicted octanol–water partition coefficient (Wildman–Crippen LogP) is 6.53. The standard InChI is InChI=1S/C17H16BF3N2O5.C17H17FN2O5.C14H10BF4NO4.C6H15N.C3H7NO.ClH/c1-27-16-13-10(4-12(19)14(16)22-5-9(24)6-22)15(25)11(17(26)28-18(20)21)7-23(13)8-2-3-8;1-25-16-13-10(4-12(18)14(16)19-5-9(21)6-19)15(22)11(17(23)24)7-20(13)8-2-3-8;1-23-13-10(17)9(16)4-7-11(13)20(6-2-3-6)5-8(12(7)21)14(22)24-15(18)19;1-4-7(5-2)6-3;5-3-1-4-2-3;/h4,7-9,24H,2-3,5-6H2,1H3;4,7-9,21H,2-3,5-6H2,1H3,(H,23,24);4-6H,2-3H2,1H3;4-6H2,1-3H3;3-5H,1-2H2;1H. The number of pyridine rings is 3. The Morgan fingerprint density at radius 1 is 0.544 bits per heavy atom. The maximum Gasteiger partial charge on any atom is 0.798 e. The number of carboxylic acids is 1. The summed E-state index contributed by atoms with van der Waals surface area (Å²) in [5, 5.41) is 39.1. The van der Waals surface area contributed by atoms with Gasteiger partial charge in [0.05, 0.1) is 72.4 Å². The van der Waals surface area contributed by atoms with Crippen molar-refractivity contribution < 1.29 is 93.2 Å². The first-order valence-electron chi connectivity index (χ1n) is 28.5. The highest BCUT2D eigenvalue weighted by atomic mass is 35.5. The van der Waals surface area contributed by atoms with Gasteiger partial charge < -0.3 is 77.7 Å². The highest BCUT2D eigenvalue weighted by Crippen LogP contribution is 2.47. The zero-order valence-electron chi connectivity index (χ0n) is 49.6. The van der Waals surface area contributed by atoms with Gasteiger partial charge in [0, 0.05) is 76.0 Å². The van der Waals surface area contributed by atoms with Gasteiger partial charge in [-0.2, -0.15) is 4.39 Å². The molecule has 6 aromatic rings.